The van der Waals surface area contributed by atoms with Gasteiger partial charge in [-0.1, -0.05) is 6.07 Å². The lowest BCUT2D eigenvalue weighted by molar-refractivity contribution is 0.368. The molecule has 0 spiro atoms. The van der Waals surface area contributed by atoms with Gasteiger partial charge in [0.25, 0.3) is 0 Å². The Morgan fingerprint density at radius 2 is 1.95 bits per heavy atom. The lowest BCUT2D eigenvalue weighted by Crippen LogP contribution is -2.00. The average molecular weight is 284 g/mol. The van der Waals surface area contributed by atoms with Crippen LogP contribution in [0.3, 0.4) is 0 Å². The van der Waals surface area contributed by atoms with Gasteiger partial charge in [0.05, 0.1) is 7.11 Å². The predicted octanol–water partition coefficient (Wildman–Crippen LogP) is 2.92. The summed E-state index contributed by atoms with van der Waals surface area (Å²) in [6.07, 6.45) is 0. The van der Waals surface area contributed by atoms with Crippen molar-refractivity contribution in [2.45, 2.75) is 6.54 Å². The quantitative estimate of drug-likeness (QED) is 0.853. The Kier molecular flexibility index (Phi) is 4.89. The van der Waals surface area contributed by atoms with Gasteiger partial charge in [0.1, 0.15) is 11.8 Å². The molecule has 0 aliphatic heterocycles. The van der Waals surface area contributed by atoms with Gasteiger partial charge in [-0.15, -0.1) is 0 Å². The van der Waals surface area contributed by atoms with E-state index < -0.39 is 0 Å². The molecule has 0 aromatic heterocycles. The first-order chi connectivity index (χ1) is 10.2. The molecule has 2 aromatic rings. The molecule has 0 saturated heterocycles. The number of phenolic OH excluding ortho intramolecular Hbond substituents is 1. The molecule has 2 rings (SSSR count). The van der Waals surface area contributed by atoms with E-state index in [4.69, 9.17) is 14.7 Å². The van der Waals surface area contributed by atoms with Gasteiger partial charge in [-0.05, 0) is 42.0 Å². The minimum atomic E-state index is 0.0417. The second-order valence-corrected chi connectivity index (χ2v) is 4.33. The van der Waals surface area contributed by atoms with Crippen molar-refractivity contribution in [2.24, 2.45) is 0 Å². The van der Waals surface area contributed by atoms with Crippen LogP contribution in [0.2, 0.25) is 0 Å². The van der Waals surface area contributed by atoms with Crippen LogP contribution < -0.4 is 14.8 Å². The molecule has 0 unspecified atom stereocenters. The van der Waals surface area contributed by atoms with E-state index in [1.54, 1.807) is 24.3 Å². The molecule has 21 heavy (non-hydrogen) atoms. The number of phenols is 1. The molecular weight excluding hydrogens is 268 g/mol. The van der Waals surface area contributed by atoms with Gasteiger partial charge >= 0.3 is 0 Å². The Hall–Kier alpha value is -2.87. The number of hydrogen-bond donors (Lipinski definition) is 2. The number of nitrogens with one attached hydrogen (secondary N) is 1. The molecule has 0 radical (unpaired) electrons. The fraction of sp³-hybridized carbons (Fsp3) is 0.188. The van der Waals surface area contributed by atoms with Gasteiger partial charge in [0, 0.05) is 12.2 Å². The third-order valence-corrected chi connectivity index (χ3v) is 2.90. The Labute approximate surface area is 123 Å². The summed E-state index contributed by atoms with van der Waals surface area (Å²) in [5.41, 5.74) is 1.93. The van der Waals surface area contributed by atoms with Crippen LogP contribution in [-0.4, -0.2) is 18.8 Å². The van der Waals surface area contributed by atoms with Crippen molar-refractivity contribution in [1.29, 1.82) is 5.26 Å². The second-order valence-electron chi connectivity index (χ2n) is 4.33. The zero-order valence-electron chi connectivity index (χ0n) is 11.7. The lowest BCUT2D eigenvalue weighted by atomic mass is 10.2. The number of nitriles is 1. The summed E-state index contributed by atoms with van der Waals surface area (Å²) in [6, 6.07) is 14.5. The number of benzene rings is 2. The highest BCUT2D eigenvalue weighted by Gasteiger charge is 2.02. The van der Waals surface area contributed by atoms with Crippen LogP contribution >= 0.6 is 0 Å². The third-order valence-electron chi connectivity index (χ3n) is 2.90. The number of hydrogen-bond acceptors (Lipinski definition) is 5. The SMILES string of the molecule is COc1cc(CNc2ccc(OCC#N)cc2)ccc1O. The van der Waals surface area contributed by atoms with Crippen LogP contribution in [0, 0.1) is 11.3 Å². The molecule has 2 aromatic carbocycles. The zero-order chi connectivity index (χ0) is 15.1. The Morgan fingerprint density at radius 3 is 2.62 bits per heavy atom. The van der Waals surface area contributed by atoms with Crippen molar-refractivity contribution in [1.82, 2.24) is 0 Å². The Balaban J connectivity index is 1.95. The maximum atomic E-state index is 9.54. The van der Waals surface area contributed by atoms with E-state index >= 15 is 0 Å². The van der Waals surface area contributed by atoms with Crippen LogP contribution in [0.1, 0.15) is 5.56 Å². The average Bonchev–Trinajstić information content (AvgIpc) is 2.53. The second kappa shape index (κ2) is 7.06. The van der Waals surface area contributed by atoms with E-state index in [9.17, 15) is 5.11 Å². The van der Waals surface area contributed by atoms with Gasteiger partial charge < -0.3 is 19.9 Å². The van der Waals surface area contributed by atoms with E-state index in [-0.39, 0.29) is 12.4 Å². The fourth-order valence-electron chi connectivity index (χ4n) is 1.82. The molecule has 0 fully saturated rings. The van der Waals surface area contributed by atoms with Gasteiger partial charge in [0.15, 0.2) is 18.1 Å². The summed E-state index contributed by atoms with van der Waals surface area (Å²) in [5, 5.41) is 21.2. The van der Waals surface area contributed by atoms with E-state index in [2.05, 4.69) is 5.32 Å². The molecule has 0 aliphatic rings. The molecule has 0 saturated carbocycles. The fourth-order valence-corrected chi connectivity index (χ4v) is 1.82. The zero-order valence-corrected chi connectivity index (χ0v) is 11.7. The maximum absolute atomic E-state index is 9.54. The third kappa shape index (κ3) is 4.05. The molecular formula is C16H16N2O3. The number of rotatable bonds is 6. The van der Waals surface area contributed by atoms with Crippen LogP contribution in [0.25, 0.3) is 0 Å². The number of ether oxygens (including phenoxy) is 2. The van der Waals surface area contributed by atoms with Crippen molar-refractivity contribution >= 4 is 5.69 Å². The van der Waals surface area contributed by atoms with E-state index in [1.165, 1.54) is 7.11 Å². The Bertz CT molecular complexity index is 633. The number of aromatic hydroxyl groups is 1. The highest BCUT2D eigenvalue weighted by molar-refractivity contribution is 5.48. The summed E-state index contributed by atoms with van der Waals surface area (Å²) >= 11 is 0. The van der Waals surface area contributed by atoms with Crippen molar-refractivity contribution in [3.05, 3.63) is 48.0 Å². The molecule has 0 bridgehead atoms. The molecule has 5 heteroatoms. The lowest BCUT2D eigenvalue weighted by Gasteiger charge is -2.09. The smallest absolute Gasteiger partial charge is 0.174 e. The van der Waals surface area contributed by atoms with Crippen molar-refractivity contribution in [2.75, 3.05) is 19.0 Å². The molecule has 0 heterocycles. The van der Waals surface area contributed by atoms with E-state index in [0.717, 1.165) is 11.3 Å². The number of anilines is 1. The van der Waals surface area contributed by atoms with E-state index in [0.29, 0.717) is 18.0 Å². The largest absolute Gasteiger partial charge is 0.504 e. The minimum absolute atomic E-state index is 0.0417. The Morgan fingerprint density at radius 1 is 1.19 bits per heavy atom. The summed E-state index contributed by atoms with van der Waals surface area (Å²) < 4.78 is 10.3. The maximum Gasteiger partial charge on any atom is 0.174 e. The summed E-state index contributed by atoms with van der Waals surface area (Å²) in [5.74, 6) is 1.24. The molecule has 5 nitrogen and oxygen atoms in total. The summed E-state index contributed by atoms with van der Waals surface area (Å²) in [7, 11) is 1.52. The van der Waals surface area contributed by atoms with Gasteiger partial charge in [-0.2, -0.15) is 5.26 Å². The van der Waals surface area contributed by atoms with Crippen LogP contribution in [-0.2, 0) is 6.54 Å². The van der Waals surface area contributed by atoms with Crippen LogP contribution in [0.4, 0.5) is 5.69 Å². The van der Waals surface area contributed by atoms with Gasteiger partial charge in [0.2, 0.25) is 0 Å². The highest BCUT2D eigenvalue weighted by atomic mass is 16.5. The monoisotopic (exact) mass is 284 g/mol. The van der Waals surface area contributed by atoms with Crippen molar-refractivity contribution in [3.63, 3.8) is 0 Å². The molecule has 0 aliphatic carbocycles. The molecule has 2 N–H and O–H groups in total. The predicted molar refractivity (Wildman–Crippen MR) is 79.5 cm³/mol. The first-order valence-corrected chi connectivity index (χ1v) is 6.42. The first kappa shape index (κ1) is 14.5. The molecule has 108 valence electrons. The van der Waals surface area contributed by atoms with Crippen LogP contribution in [0.15, 0.2) is 42.5 Å². The van der Waals surface area contributed by atoms with E-state index in [1.807, 2.05) is 24.3 Å². The van der Waals surface area contributed by atoms with Crippen molar-refractivity contribution in [3.8, 4) is 23.3 Å². The molecule has 0 amide bonds. The topological polar surface area (TPSA) is 74.5 Å². The summed E-state index contributed by atoms with van der Waals surface area (Å²) in [4.78, 5) is 0. The molecule has 0 atom stereocenters. The summed E-state index contributed by atoms with van der Waals surface area (Å²) in [6.45, 7) is 0.648. The standard InChI is InChI=1S/C16H16N2O3/c1-20-16-10-12(2-7-15(16)19)11-18-13-3-5-14(6-4-13)21-9-8-17/h2-7,10,18-19H,9,11H2,1H3. The highest BCUT2D eigenvalue weighted by Crippen LogP contribution is 2.26. The van der Waals surface area contributed by atoms with Crippen molar-refractivity contribution < 1.29 is 14.6 Å². The number of nitrogens with zero attached hydrogens (tertiary/aromatic N) is 1. The minimum Gasteiger partial charge on any atom is -0.504 e. The van der Waals surface area contributed by atoms with Crippen LogP contribution in [0.5, 0.6) is 17.2 Å². The first-order valence-electron chi connectivity index (χ1n) is 6.42. The number of methoxy groups -OCH3 is 1. The normalized spacial score (nSPS) is 9.71. The van der Waals surface area contributed by atoms with Gasteiger partial charge in [-0.3, -0.25) is 0 Å². The van der Waals surface area contributed by atoms with Gasteiger partial charge in [-0.25, -0.2) is 0 Å².